The molecule has 0 amide bonds. The fourth-order valence-corrected chi connectivity index (χ4v) is 5.83. The fourth-order valence-electron chi connectivity index (χ4n) is 5.83. The van der Waals surface area contributed by atoms with Crippen LogP contribution < -0.4 is 0 Å². The summed E-state index contributed by atoms with van der Waals surface area (Å²) in [6, 6.07) is 7.59. The first-order valence-electron chi connectivity index (χ1n) is 11.2. The molecule has 2 aromatic rings. The van der Waals surface area contributed by atoms with Gasteiger partial charge in [-0.1, -0.05) is 56.9 Å². The molecule has 29 heavy (non-hydrogen) atoms. The van der Waals surface area contributed by atoms with Gasteiger partial charge in [0.25, 0.3) is 0 Å². The quantitative estimate of drug-likeness (QED) is 0.447. The van der Waals surface area contributed by atoms with Crippen molar-refractivity contribution in [3.63, 3.8) is 0 Å². The predicted molar refractivity (Wildman–Crippen MR) is 109 cm³/mol. The third-order valence-electron chi connectivity index (χ3n) is 7.44. The van der Waals surface area contributed by atoms with Gasteiger partial charge in [-0.25, -0.2) is 4.39 Å². The molecular weight excluding hydrogens is 376 g/mol. The third kappa shape index (κ3) is 4.32. The summed E-state index contributed by atoms with van der Waals surface area (Å²) in [6.07, 6.45) is 6.91. The Kier molecular flexibility index (Phi) is 5.90. The second-order valence-corrected chi connectivity index (χ2v) is 9.26. The molecule has 0 saturated heterocycles. The summed E-state index contributed by atoms with van der Waals surface area (Å²) < 4.78 is 53.2. The van der Waals surface area contributed by atoms with Gasteiger partial charge in [-0.15, -0.1) is 0 Å². The minimum Gasteiger partial charge on any atom is -0.206 e. The number of halogens is 4. The van der Waals surface area contributed by atoms with E-state index in [1.807, 2.05) is 12.1 Å². The van der Waals surface area contributed by atoms with E-state index in [0.29, 0.717) is 11.3 Å². The Morgan fingerprint density at radius 2 is 1.69 bits per heavy atom. The van der Waals surface area contributed by atoms with Crippen molar-refractivity contribution >= 4 is 10.8 Å². The minimum absolute atomic E-state index is 0.0636. The van der Waals surface area contributed by atoms with Crippen molar-refractivity contribution in [3.8, 4) is 0 Å². The van der Waals surface area contributed by atoms with Crippen LogP contribution in [0.5, 0.6) is 0 Å². The summed E-state index contributed by atoms with van der Waals surface area (Å²) in [5, 5.41) is 0.632. The molecule has 0 aliphatic heterocycles. The number of unbranched alkanes of at least 4 members (excludes halogenated alkanes) is 1. The molecule has 0 heterocycles. The molecule has 4 unspecified atom stereocenters. The van der Waals surface area contributed by atoms with Crippen molar-refractivity contribution in [1.82, 2.24) is 0 Å². The fraction of sp³-hybridized carbons (Fsp3) is 0.600. The van der Waals surface area contributed by atoms with Crippen molar-refractivity contribution in [1.29, 1.82) is 0 Å². The lowest BCUT2D eigenvalue weighted by Crippen LogP contribution is -2.30. The lowest BCUT2D eigenvalue weighted by molar-refractivity contribution is -0.139. The molecule has 158 valence electrons. The Morgan fingerprint density at radius 3 is 2.45 bits per heavy atom. The summed E-state index contributed by atoms with van der Waals surface area (Å²) in [5.41, 5.74) is -0.0266. The highest BCUT2D eigenvalue weighted by Gasteiger charge is 2.37. The number of benzene rings is 2. The van der Waals surface area contributed by atoms with Crippen LogP contribution in [0.25, 0.3) is 10.8 Å². The highest BCUT2D eigenvalue weighted by molar-refractivity contribution is 5.84. The second kappa shape index (κ2) is 8.28. The summed E-state index contributed by atoms with van der Waals surface area (Å²) in [4.78, 5) is 0. The van der Waals surface area contributed by atoms with Gasteiger partial charge in [0.2, 0.25) is 0 Å². The number of rotatable bonds is 4. The molecule has 4 atom stereocenters. The topological polar surface area (TPSA) is 0 Å². The Morgan fingerprint density at radius 1 is 0.931 bits per heavy atom. The van der Waals surface area contributed by atoms with Crippen molar-refractivity contribution in [2.75, 3.05) is 0 Å². The molecule has 4 heteroatoms. The average Bonchev–Trinajstić information content (AvgIpc) is 2.70. The maximum Gasteiger partial charge on any atom is 0.419 e. The van der Waals surface area contributed by atoms with Gasteiger partial charge in [-0.2, -0.15) is 13.2 Å². The molecule has 0 spiro atoms. The molecule has 0 bridgehead atoms. The summed E-state index contributed by atoms with van der Waals surface area (Å²) in [5.74, 6) is 1.80. The summed E-state index contributed by atoms with van der Waals surface area (Å²) in [6.45, 7) is 2.26. The molecule has 2 fully saturated rings. The number of fused-ring (bicyclic) bond motifs is 2. The molecule has 2 aliphatic rings. The summed E-state index contributed by atoms with van der Waals surface area (Å²) in [7, 11) is 0. The molecule has 0 radical (unpaired) electrons. The standard InChI is InChI=1S/C25H30F4/c1-2-3-4-16-5-6-18-14-19(8-7-17(18)13-16)20-9-11-22-21(15-20)10-12-23(24(22)26)25(27,28)29/h9-12,15-19H,2-8,13-14H2,1H3. The molecular formula is C25H30F4. The van der Waals surface area contributed by atoms with Gasteiger partial charge in [0.15, 0.2) is 0 Å². The van der Waals surface area contributed by atoms with Crippen LogP contribution in [-0.4, -0.2) is 0 Å². The van der Waals surface area contributed by atoms with Gasteiger partial charge < -0.3 is 0 Å². The SMILES string of the molecule is CCCCC1CCC2CC(c3ccc4c(F)c(C(F)(F)F)ccc4c3)CCC2C1. The largest absolute Gasteiger partial charge is 0.419 e. The van der Waals surface area contributed by atoms with Crippen molar-refractivity contribution in [2.45, 2.75) is 76.8 Å². The first kappa shape index (κ1) is 20.7. The van der Waals surface area contributed by atoms with Gasteiger partial charge in [0, 0.05) is 5.39 Å². The minimum atomic E-state index is -4.66. The Hall–Kier alpha value is -1.58. The van der Waals surface area contributed by atoms with E-state index in [9.17, 15) is 17.6 Å². The molecule has 0 aromatic heterocycles. The van der Waals surface area contributed by atoms with Crippen LogP contribution >= 0.6 is 0 Å². The smallest absolute Gasteiger partial charge is 0.206 e. The first-order valence-corrected chi connectivity index (χ1v) is 11.2. The monoisotopic (exact) mass is 406 g/mol. The van der Waals surface area contributed by atoms with E-state index in [1.54, 1.807) is 6.07 Å². The molecule has 2 aliphatic carbocycles. The van der Waals surface area contributed by atoms with Crippen LogP contribution in [0, 0.1) is 23.6 Å². The van der Waals surface area contributed by atoms with E-state index in [4.69, 9.17) is 0 Å². The molecule has 0 N–H and O–H groups in total. The van der Waals surface area contributed by atoms with Crippen molar-refractivity contribution in [3.05, 3.63) is 47.3 Å². The maximum absolute atomic E-state index is 14.4. The van der Waals surface area contributed by atoms with Crippen LogP contribution in [-0.2, 0) is 6.18 Å². The Balaban J connectivity index is 1.49. The maximum atomic E-state index is 14.4. The molecule has 2 aromatic carbocycles. The van der Waals surface area contributed by atoms with E-state index < -0.39 is 17.6 Å². The zero-order valence-corrected chi connectivity index (χ0v) is 17.1. The van der Waals surface area contributed by atoms with Gasteiger partial charge in [-0.05, 0) is 72.8 Å². The van der Waals surface area contributed by atoms with E-state index in [2.05, 4.69) is 6.92 Å². The Bertz CT molecular complexity index is 854. The molecule has 2 saturated carbocycles. The first-order chi connectivity index (χ1) is 13.9. The van der Waals surface area contributed by atoms with Crippen LogP contribution in [0.15, 0.2) is 30.3 Å². The van der Waals surface area contributed by atoms with Crippen molar-refractivity contribution < 1.29 is 17.6 Å². The zero-order chi connectivity index (χ0) is 20.6. The van der Waals surface area contributed by atoms with Gasteiger partial charge in [0.1, 0.15) is 5.82 Å². The molecule has 0 nitrogen and oxygen atoms in total. The van der Waals surface area contributed by atoms with Crippen LogP contribution in [0.3, 0.4) is 0 Å². The van der Waals surface area contributed by atoms with E-state index >= 15 is 0 Å². The second-order valence-electron chi connectivity index (χ2n) is 9.26. The van der Waals surface area contributed by atoms with Gasteiger partial charge in [-0.3, -0.25) is 0 Å². The normalized spacial score (nSPS) is 27.8. The lowest BCUT2D eigenvalue weighted by atomic mass is 9.63. The van der Waals surface area contributed by atoms with Gasteiger partial charge >= 0.3 is 6.18 Å². The predicted octanol–water partition coefficient (Wildman–Crippen LogP) is 8.49. The van der Waals surface area contributed by atoms with Crippen LogP contribution in [0.2, 0.25) is 0 Å². The highest BCUT2D eigenvalue weighted by atomic mass is 19.4. The molecule has 4 rings (SSSR count). The van der Waals surface area contributed by atoms with Crippen molar-refractivity contribution in [2.24, 2.45) is 17.8 Å². The third-order valence-corrected chi connectivity index (χ3v) is 7.44. The van der Waals surface area contributed by atoms with E-state index in [-0.39, 0.29) is 5.39 Å². The van der Waals surface area contributed by atoms with Gasteiger partial charge in [0.05, 0.1) is 5.56 Å². The van der Waals surface area contributed by atoms with E-state index in [0.717, 1.165) is 35.8 Å². The Labute approximate surface area is 170 Å². The number of hydrogen-bond donors (Lipinski definition) is 0. The average molecular weight is 407 g/mol. The number of alkyl halides is 3. The number of hydrogen-bond acceptors (Lipinski definition) is 0. The van der Waals surface area contributed by atoms with Crippen LogP contribution in [0.1, 0.15) is 81.8 Å². The van der Waals surface area contributed by atoms with Crippen LogP contribution in [0.4, 0.5) is 17.6 Å². The highest BCUT2D eigenvalue weighted by Crippen LogP contribution is 2.48. The summed E-state index contributed by atoms with van der Waals surface area (Å²) >= 11 is 0. The zero-order valence-electron chi connectivity index (χ0n) is 17.1. The lowest BCUT2D eigenvalue weighted by Gasteiger charge is -2.42. The van der Waals surface area contributed by atoms with E-state index in [1.165, 1.54) is 57.4 Å².